The Morgan fingerprint density at radius 1 is 1.33 bits per heavy atom. The Labute approximate surface area is 142 Å². The topological polar surface area (TPSA) is 81.8 Å². The zero-order valence-electron chi connectivity index (χ0n) is 14.3. The van der Waals surface area contributed by atoms with Crippen LogP contribution in [-0.4, -0.2) is 55.3 Å². The van der Waals surface area contributed by atoms with E-state index in [-0.39, 0.29) is 43.3 Å². The van der Waals surface area contributed by atoms with Gasteiger partial charge < -0.3 is 15.5 Å². The smallest absolute Gasteiger partial charge is 0.241 e. The molecule has 130 valence electrons. The Bertz CT molecular complexity index is 632. The van der Waals surface area contributed by atoms with Crippen LogP contribution in [0.5, 0.6) is 0 Å². The van der Waals surface area contributed by atoms with Crippen LogP contribution in [0.25, 0.3) is 0 Å². The van der Waals surface area contributed by atoms with E-state index in [4.69, 9.17) is 0 Å². The van der Waals surface area contributed by atoms with Crippen LogP contribution in [0.3, 0.4) is 0 Å². The molecule has 1 aromatic rings. The molecule has 3 amide bonds. The van der Waals surface area contributed by atoms with Gasteiger partial charge in [0.2, 0.25) is 17.7 Å². The van der Waals surface area contributed by atoms with Gasteiger partial charge >= 0.3 is 0 Å². The summed E-state index contributed by atoms with van der Waals surface area (Å²) in [7, 11) is 1.57. The Kier molecular flexibility index (Phi) is 5.92. The molecule has 2 rings (SSSR count). The number of para-hydroxylation sites is 2. The Morgan fingerprint density at radius 2 is 2.04 bits per heavy atom. The third-order valence-electron chi connectivity index (χ3n) is 4.08. The lowest BCUT2D eigenvalue weighted by molar-refractivity contribution is -0.123. The molecule has 0 aromatic heterocycles. The fourth-order valence-corrected chi connectivity index (χ4v) is 2.80. The molecule has 24 heavy (non-hydrogen) atoms. The molecule has 1 aliphatic heterocycles. The number of carbonyl (C=O) groups excluding carboxylic acids is 3. The molecule has 1 aliphatic rings. The van der Waals surface area contributed by atoms with Gasteiger partial charge in [-0.3, -0.25) is 19.3 Å². The van der Waals surface area contributed by atoms with Crippen LogP contribution in [0.1, 0.15) is 20.3 Å². The van der Waals surface area contributed by atoms with Gasteiger partial charge in [0.05, 0.1) is 24.5 Å². The average molecular weight is 332 g/mol. The van der Waals surface area contributed by atoms with Crippen LogP contribution < -0.4 is 15.5 Å². The first kappa shape index (κ1) is 17.9. The highest BCUT2D eigenvalue weighted by atomic mass is 16.2. The van der Waals surface area contributed by atoms with Crippen LogP contribution in [0.2, 0.25) is 0 Å². The summed E-state index contributed by atoms with van der Waals surface area (Å²) in [5.74, 6) is -0.369. The number of anilines is 2. The van der Waals surface area contributed by atoms with Gasteiger partial charge in [-0.1, -0.05) is 19.1 Å². The van der Waals surface area contributed by atoms with Crippen molar-refractivity contribution in [1.82, 2.24) is 10.2 Å². The molecular formula is C17H24N4O3. The average Bonchev–Trinajstić information content (AvgIpc) is 2.67. The summed E-state index contributed by atoms with van der Waals surface area (Å²) < 4.78 is 0. The zero-order valence-corrected chi connectivity index (χ0v) is 14.3. The molecule has 1 atom stereocenters. The summed E-state index contributed by atoms with van der Waals surface area (Å²) in [5.41, 5.74) is 1.33. The number of nitrogens with one attached hydrogen (secondary N) is 2. The van der Waals surface area contributed by atoms with E-state index in [0.717, 1.165) is 0 Å². The molecule has 0 fully saturated rings. The predicted octanol–water partition coefficient (Wildman–Crippen LogP) is 0.818. The lowest BCUT2D eigenvalue weighted by atomic mass is 10.1. The Morgan fingerprint density at radius 3 is 2.71 bits per heavy atom. The lowest BCUT2D eigenvalue weighted by Gasteiger charge is -2.30. The highest BCUT2D eigenvalue weighted by molar-refractivity contribution is 6.05. The normalized spacial score (nSPS) is 17.1. The second-order valence-corrected chi connectivity index (χ2v) is 5.86. The van der Waals surface area contributed by atoms with Crippen molar-refractivity contribution in [3.05, 3.63) is 24.3 Å². The van der Waals surface area contributed by atoms with Crippen molar-refractivity contribution in [3.63, 3.8) is 0 Å². The monoisotopic (exact) mass is 332 g/mol. The van der Waals surface area contributed by atoms with Crippen LogP contribution >= 0.6 is 0 Å². The second kappa shape index (κ2) is 7.92. The molecule has 7 heteroatoms. The van der Waals surface area contributed by atoms with Crippen LogP contribution in [0, 0.1) is 0 Å². The van der Waals surface area contributed by atoms with E-state index in [9.17, 15) is 14.4 Å². The first-order chi connectivity index (χ1) is 11.5. The van der Waals surface area contributed by atoms with Gasteiger partial charge in [-0.05, 0) is 25.6 Å². The number of carbonyl (C=O) groups is 3. The standard InChI is InChI=1S/C17H24N4O3/c1-4-20(10-16(23)18-3)11-17(24)21-12(2)9-15(22)19-13-7-5-6-8-14(13)21/h5-8,12H,4,9-11H2,1-3H3,(H,18,23)(H,19,22)/t12-/m1/s1. The molecule has 0 unspecified atom stereocenters. The molecule has 1 aromatic carbocycles. The van der Waals surface area contributed by atoms with E-state index in [1.165, 1.54) is 0 Å². The van der Waals surface area contributed by atoms with Crippen molar-refractivity contribution in [1.29, 1.82) is 0 Å². The maximum absolute atomic E-state index is 12.9. The van der Waals surface area contributed by atoms with E-state index in [0.29, 0.717) is 17.9 Å². The summed E-state index contributed by atoms with van der Waals surface area (Å²) in [6.07, 6.45) is 0.238. The zero-order chi connectivity index (χ0) is 17.7. The number of rotatable bonds is 5. The van der Waals surface area contributed by atoms with E-state index in [1.54, 1.807) is 22.9 Å². The van der Waals surface area contributed by atoms with Gasteiger partial charge in [0.1, 0.15) is 0 Å². The Balaban J connectivity index is 2.23. The highest BCUT2D eigenvalue weighted by Crippen LogP contribution is 2.31. The van der Waals surface area contributed by atoms with Gasteiger partial charge in [-0.25, -0.2) is 0 Å². The van der Waals surface area contributed by atoms with Crippen molar-refractivity contribution in [2.75, 3.05) is 36.9 Å². The van der Waals surface area contributed by atoms with Crippen molar-refractivity contribution >= 4 is 29.1 Å². The van der Waals surface area contributed by atoms with Crippen molar-refractivity contribution < 1.29 is 14.4 Å². The minimum absolute atomic E-state index is 0.108. The van der Waals surface area contributed by atoms with Crippen LogP contribution in [0.15, 0.2) is 24.3 Å². The number of nitrogens with zero attached hydrogens (tertiary/aromatic N) is 2. The Hall–Kier alpha value is -2.41. The fourth-order valence-electron chi connectivity index (χ4n) is 2.80. The molecule has 0 spiro atoms. The second-order valence-electron chi connectivity index (χ2n) is 5.86. The van der Waals surface area contributed by atoms with E-state index < -0.39 is 0 Å². The summed E-state index contributed by atoms with van der Waals surface area (Å²) in [5, 5.41) is 5.40. The molecular weight excluding hydrogens is 308 g/mol. The molecule has 0 radical (unpaired) electrons. The molecule has 0 saturated heterocycles. The molecule has 0 bridgehead atoms. The predicted molar refractivity (Wildman–Crippen MR) is 92.8 cm³/mol. The number of hydrogen-bond donors (Lipinski definition) is 2. The first-order valence-corrected chi connectivity index (χ1v) is 8.10. The van der Waals surface area contributed by atoms with Gasteiger partial charge in [0, 0.05) is 19.5 Å². The van der Waals surface area contributed by atoms with Crippen LogP contribution in [0.4, 0.5) is 11.4 Å². The van der Waals surface area contributed by atoms with E-state index >= 15 is 0 Å². The van der Waals surface area contributed by atoms with Crippen LogP contribution in [-0.2, 0) is 14.4 Å². The van der Waals surface area contributed by atoms with Crippen molar-refractivity contribution in [3.8, 4) is 0 Å². The first-order valence-electron chi connectivity index (χ1n) is 8.10. The maximum atomic E-state index is 12.9. The summed E-state index contributed by atoms with van der Waals surface area (Å²) in [4.78, 5) is 39.9. The molecule has 0 saturated carbocycles. The maximum Gasteiger partial charge on any atom is 0.241 e. The molecule has 2 N–H and O–H groups in total. The van der Waals surface area contributed by atoms with E-state index in [1.807, 2.05) is 32.0 Å². The fraction of sp³-hybridized carbons (Fsp3) is 0.471. The molecule has 1 heterocycles. The van der Waals surface area contributed by atoms with Crippen molar-refractivity contribution in [2.45, 2.75) is 26.3 Å². The third kappa shape index (κ3) is 4.11. The van der Waals surface area contributed by atoms with Gasteiger partial charge in [-0.2, -0.15) is 0 Å². The minimum Gasteiger partial charge on any atom is -0.358 e. The number of likely N-dealkylation sites (N-methyl/N-ethyl adjacent to an activating group) is 2. The van der Waals surface area contributed by atoms with E-state index in [2.05, 4.69) is 10.6 Å². The van der Waals surface area contributed by atoms with Gasteiger partial charge in [0.25, 0.3) is 0 Å². The summed E-state index contributed by atoms with van der Waals surface area (Å²) in [6, 6.07) is 7.02. The largest absolute Gasteiger partial charge is 0.358 e. The summed E-state index contributed by atoms with van der Waals surface area (Å²) >= 11 is 0. The number of hydrogen-bond acceptors (Lipinski definition) is 4. The SMILES string of the molecule is CCN(CC(=O)NC)CC(=O)N1c2ccccc2NC(=O)C[C@H]1C. The number of benzene rings is 1. The van der Waals surface area contributed by atoms with Gasteiger partial charge in [-0.15, -0.1) is 0 Å². The quantitative estimate of drug-likeness (QED) is 0.836. The highest BCUT2D eigenvalue weighted by Gasteiger charge is 2.30. The number of amides is 3. The van der Waals surface area contributed by atoms with Crippen molar-refractivity contribution in [2.24, 2.45) is 0 Å². The molecule has 0 aliphatic carbocycles. The molecule has 7 nitrogen and oxygen atoms in total. The summed E-state index contributed by atoms with van der Waals surface area (Å²) in [6.45, 7) is 4.63. The number of fused-ring (bicyclic) bond motifs is 1. The minimum atomic E-state index is -0.250. The third-order valence-corrected chi connectivity index (χ3v) is 4.08. The van der Waals surface area contributed by atoms with Gasteiger partial charge in [0.15, 0.2) is 0 Å². The lowest BCUT2D eigenvalue weighted by Crippen LogP contribution is -2.47.